The van der Waals surface area contributed by atoms with Crippen LogP contribution in [0.1, 0.15) is 0 Å². The zero-order valence-corrected chi connectivity index (χ0v) is 15.0. The van der Waals surface area contributed by atoms with Gasteiger partial charge in [0.25, 0.3) is 0 Å². The number of nitro groups is 2. The van der Waals surface area contributed by atoms with Crippen molar-refractivity contribution in [2.75, 3.05) is 29.2 Å². The molecule has 24 heavy (non-hydrogen) atoms. The van der Waals surface area contributed by atoms with Crippen molar-refractivity contribution >= 4 is 44.3 Å². The maximum absolute atomic E-state index is 11.8. The van der Waals surface area contributed by atoms with Crippen molar-refractivity contribution in [1.29, 1.82) is 0 Å². The molecule has 0 saturated carbocycles. The van der Waals surface area contributed by atoms with Crippen molar-refractivity contribution in [3.8, 4) is 0 Å². The van der Waals surface area contributed by atoms with Crippen LogP contribution in [0.5, 0.6) is 0 Å². The molecule has 0 radical (unpaired) electrons. The van der Waals surface area contributed by atoms with E-state index >= 15 is 0 Å². The number of carbonyl (C=O) groups excluding carboxylic acids is 2. The van der Waals surface area contributed by atoms with Gasteiger partial charge in [-0.2, -0.15) is 0 Å². The number of hydrogen-bond acceptors (Lipinski definition) is 10. The number of esters is 1. The average Bonchev–Trinajstić information content (AvgIpc) is 2.35. The summed E-state index contributed by atoms with van der Waals surface area (Å²) in [4.78, 5) is 43.0. The fraction of sp³-hybridized carbons (Fsp3) is 0.778. The molecular weight excluding hydrogens is 467 g/mol. The minimum absolute atomic E-state index is 0.0269. The topological polar surface area (TPSA) is 193 Å². The standard InChI is InChI=1S/C9H13IN4O9S/c10-5-23-8(16)6(11)1-24(21,22)2-7(15)12-3-9(4-12,13(17)18)14(19)20/h6H,1-5,11H2/t6-/m0/s1. The van der Waals surface area contributed by atoms with Crippen LogP contribution in [-0.4, -0.2) is 76.0 Å². The Hall–Kier alpha value is -1.62. The Labute approximate surface area is 148 Å². The first-order chi connectivity index (χ1) is 10.9. The lowest BCUT2D eigenvalue weighted by molar-refractivity contribution is -0.809. The summed E-state index contributed by atoms with van der Waals surface area (Å²) in [7, 11) is -4.10. The van der Waals surface area contributed by atoms with Crippen LogP contribution in [-0.2, 0) is 24.2 Å². The molecular formula is C9H13IN4O9S. The van der Waals surface area contributed by atoms with Crippen LogP contribution in [0.2, 0.25) is 0 Å². The van der Waals surface area contributed by atoms with Gasteiger partial charge in [-0.05, 0) is 22.6 Å². The lowest BCUT2D eigenvalue weighted by atomic mass is 10.0. The molecule has 1 heterocycles. The summed E-state index contributed by atoms with van der Waals surface area (Å²) in [5.74, 6) is -3.91. The number of sulfone groups is 1. The van der Waals surface area contributed by atoms with E-state index in [0.29, 0.717) is 4.90 Å². The van der Waals surface area contributed by atoms with E-state index in [0.717, 1.165) is 0 Å². The number of nitrogens with two attached hydrogens (primary N) is 1. The summed E-state index contributed by atoms with van der Waals surface area (Å²) < 4.78 is 28.2. The van der Waals surface area contributed by atoms with E-state index in [4.69, 9.17) is 5.73 Å². The number of likely N-dealkylation sites (tertiary alicyclic amines) is 1. The first-order valence-corrected chi connectivity index (χ1v) is 9.55. The van der Waals surface area contributed by atoms with Crippen LogP contribution in [0.15, 0.2) is 0 Å². The minimum atomic E-state index is -4.10. The Morgan fingerprint density at radius 2 is 1.79 bits per heavy atom. The van der Waals surface area contributed by atoms with E-state index in [9.17, 15) is 38.2 Å². The second-order valence-corrected chi connectivity index (χ2v) is 7.71. The van der Waals surface area contributed by atoms with E-state index in [2.05, 4.69) is 4.74 Å². The molecule has 0 aliphatic carbocycles. The van der Waals surface area contributed by atoms with Crippen molar-refractivity contribution < 1.29 is 32.6 Å². The smallest absolute Gasteiger partial charge is 0.454 e. The van der Waals surface area contributed by atoms with Crippen LogP contribution in [0.3, 0.4) is 0 Å². The van der Waals surface area contributed by atoms with Gasteiger partial charge in [-0.25, -0.2) is 8.42 Å². The second kappa shape index (κ2) is 7.51. The number of amides is 1. The largest absolute Gasteiger partial charge is 0.492 e. The van der Waals surface area contributed by atoms with E-state index < -0.39 is 67.9 Å². The van der Waals surface area contributed by atoms with Crippen LogP contribution in [0.4, 0.5) is 0 Å². The van der Waals surface area contributed by atoms with Gasteiger partial charge in [0.2, 0.25) is 5.91 Å². The predicted octanol–water partition coefficient (Wildman–Crippen LogP) is -2.24. The zero-order chi connectivity index (χ0) is 18.7. The summed E-state index contributed by atoms with van der Waals surface area (Å²) >= 11 is 1.71. The van der Waals surface area contributed by atoms with Crippen molar-refractivity contribution in [3.63, 3.8) is 0 Å². The highest BCUT2D eigenvalue weighted by Gasteiger charge is 2.67. The molecule has 0 unspecified atom stereocenters. The predicted molar refractivity (Wildman–Crippen MR) is 84.9 cm³/mol. The zero-order valence-electron chi connectivity index (χ0n) is 12.0. The Kier molecular flexibility index (Phi) is 6.39. The Morgan fingerprint density at radius 3 is 2.21 bits per heavy atom. The van der Waals surface area contributed by atoms with Gasteiger partial charge in [0, 0.05) is 0 Å². The molecule has 1 aliphatic heterocycles. The van der Waals surface area contributed by atoms with Crippen LogP contribution >= 0.6 is 22.6 Å². The van der Waals surface area contributed by atoms with Crippen molar-refractivity contribution in [1.82, 2.24) is 4.90 Å². The van der Waals surface area contributed by atoms with Gasteiger partial charge in [0.15, 0.2) is 22.9 Å². The Bertz CT molecular complexity index is 644. The van der Waals surface area contributed by atoms with Gasteiger partial charge in [0.1, 0.15) is 26.3 Å². The van der Waals surface area contributed by atoms with Crippen LogP contribution in [0.25, 0.3) is 0 Å². The number of rotatable bonds is 8. The maximum atomic E-state index is 11.8. The molecule has 15 heteroatoms. The summed E-state index contributed by atoms with van der Waals surface area (Å²) in [6, 6.07) is -1.48. The molecule has 13 nitrogen and oxygen atoms in total. The molecule has 0 aromatic rings. The quantitative estimate of drug-likeness (QED) is 0.0991. The number of halogens is 1. The number of ether oxygens (including phenoxy) is 1. The summed E-state index contributed by atoms with van der Waals surface area (Å²) in [5.41, 5.74) is 2.84. The molecule has 1 aliphatic rings. The Morgan fingerprint density at radius 1 is 1.29 bits per heavy atom. The van der Waals surface area contributed by atoms with Crippen LogP contribution in [0, 0.1) is 20.2 Å². The van der Waals surface area contributed by atoms with Gasteiger partial charge in [-0.15, -0.1) is 0 Å². The van der Waals surface area contributed by atoms with Gasteiger partial charge in [-0.3, -0.25) is 29.8 Å². The molecule has 0 bridgehead atoms. The highest BCUT2D eigenvalue weighted by atomic mass is 127. The molecule has 1 rings (SSSR count). The SMILES string of the molecule is N[C@@H](CS(=O)(=O)CC(=O)N1CC([N+](=O)[O-])([N+](=O)[O-])C1)C(=O)OCI. The summed E-state index contributed by atoms with van der Waals surface area (Å²) in [6.45, 7) is -1.66. The molecule has 1 atom stereocenters. The molecule has 1 saturated heterocycles. The average molecular weight is 480 g/mol. The van der Waals surface area contributed by atoms with Gasteiger partial charge in [0.05, 0.1) is 5.75 Å². The summed E-state index contributed by atoms with van der Waals surface area (Å²) in [6.07, 6.45) is 0. The third kappa shape index (κ3) is 4.47. The lowest BCUT2D eigenvalue weighted by Gasteiger charge is -2.35. The first kappa shape index (κ1) is 20.4. The van der Waals surface area contributed by atoms with Gasteiger partial charge >= 0.3 is 11.6 Å². The Balaban J connectivity index is 2.64. The van der Waals surface area contributed by atoms with Crippen molar-refractivity contribution in [2.24, 2.45) is 5.73 Å². The van der Waals surface area contributed by atoms with Crippen molar-refractivity contribution in [3.05, 3.63) is 20.2 Å². The molecule has 0 aromatic carbocycles. The van der Waals surface area contributed by atoms with E-state index in [-0.39, 0.29) is 4.61 Å². The van der Waals surface area contributed by atoms with Crippen LogP contribution < -0.4 is 5.73 Å². The molecule has 1 amide bonds. The molecule has 0 spiro atoms. The first-order valence-electron chi connectivity index (χ1n) is 6.20. The molecule has 2 N–H and O–H groups in total. The monoisotopic (exact) mass is 480 g/mol. The fourth-order valence-electron chi connectivity index (χ4n) is 1.88. The fourth-order valence-corrected chi connectivity index (χ4v) is 3.55. The van der Waals surface area contributed by atoms with Gasteiger partial charge in [-0.1, -0.05) is 0 Å². The number of alkyl halides is 1. The van der Waals surface area contributed by atoms with E-state index in [1.54, 1.807) is 22.6 Å². The number of carbonyl (C=O) groups is 2. The highest BCUT2D eigenvalue weighted by Crippen LogP contribution is 2.25. The molecule has 0 aromatic heterocycles. The maximum Gasteiger partial charge on any atom is 0.492 e. The molecule has 136 valence electrons. The van der Waals surface area contributed by atoms with Gasteiger partial charge < -0.3 is 15.4 Å². The lowest BCUT2D eigenvalue weighted by Crippen LogP contribution is -2.71. The third-order valence-electron chi connectivity index (χ3n) is 3.20. The summed E-state index contributed by atoms with van der Waals surface area (Å²) in [5, 5.41) is 21.4. The van der Waals surface area contributed by atoms with Crippen molar-refractivity contribution in [2.45, 2.75) is 11.7 Å². The second-order valence-electron chi connectivity index (χ2n) is 4.98. The minimum Gasteiger partial charge on any atom is -0.454 e. The number of nitrogens with zero attached hydrogens (tertiary/aromatic N) is 3. The number of hydrogen-bond donors (Lipinski definition) is 1. The van der Waals surface area contributed by atoms with E-state index in [1.165, 1.54) is 0 Å². The third-order valence-corrected chi connectivity index (χ3v) is 5.06. The normalized spacial score (nSPS) is 17.5. The van der Waals surface area contributed by atoms with E-state index in [1.807, 2.05) is 0 Å². The molecule has 1 fully saturated rings. The highest BCUT2D eigenvalue weighted by molar-refractivity contribution is 14.1.